The maximum Gasteiger partial charge on any atom is 0.225 e. The number of nitrogens with zero attached hydrogens (tertiary/aromatic N) is 5. The van der Waals surface area contributed by atoms with E-state index in [1.54, 1.807) is 26.1 Å². The number of pyridine rings is 2. The van der Waals surface area contributed by atoms with Crippen molar-refractivity contribution < 1.29 is 9.90 Å². The standard InChI is InChI=1S/C28H33N5O2/c1-4-22-13-20(9-10-30-22)23-14-21(16-29)27(31-26(23)19-7-8-19)32-11-12-33(24(17-32)18-5-6-18)25(34)15-28(2,3)35/h4,9-10,13-14,18-19,24,35H,1,5-8,11-12,15,17H2,2-3H3. The molecule has 2 aromatic rings. The predicted octanol–water partition coefficient (Wildman–Crippen LogP) is 4.12. The number of rotatable bonds is 7. The smallest absolute Gasteiger partial charge is 0.225 e. The molecule has 2 aliphatic carbocycles. The average Bonchev–Trinajstić information content (AvgIpc) is 3.75. The molecular weight excluding hydrogens is 438 g/mol. The third-order valence-corrected chi connectivity index (χ3v) is 7.21. The minimum atomic E-state index is -1.02. The van der Waals surface area contributed by atoms with Crippen LogP contribution in [-0.4, -0.2) is 57.2 Å². The fourth-order valence-electron chi connectivity index (χ4n) is 5.14. The van der Waals surface area contributed by atoms with Crippen LogP contribution < -0.4 is 4.90 Å². The van der Waals surface area contributed by atoms with E-state index in [-0.39, 0.29) is 18.4 Å². The Balaban J connectivity index is 1.47. The zero-order valence-electron chi connectivity index (χ0n) is 20.6. The third kappa shape index (κ3) is 5.08. The molecule has 5 rings (SSSR count). The van der Waals surface area contributed by atoms with Gasteiger partial charge in [0.05, 0.1) is 35.0 Å². The summed E-state index contributed by atoms with van der Waals surface area (Å²) in [5.41, 5.74) is 3.38. The normalized spacial score (nSPS) is 20.5. The number of nitriles is 1. The zero-order chi connectivity index (χ0) is 24.7. The summed E-state index contributed by atoms with van der Waals surface area (Å²) in [4.78, 5) is 26.6. The summed E-state index contributed by atoms with van der Waals surface area (Å²) < 4.78 is 0. The Labute approximate surface area is 207 Å². The first kappa shape index (κ1) is 23.5. The average molecular weight is 472 g/mol. The Hall–Kier alpha value is -3.24. The van der Waals surface area contributed by atoms with Gasteiger partial charge in [-0.3, -0.25) is 9.78 Å². The number of carbonyl (C=O) groups is 1. The number of piperazine rings is 1. The fraction of sp³-hybridized carbons (Fsp3) is 0.500. The molecule has 1 aliphatic heterocycles. The summed E-state index contributed by atoms with van der Waals surface area (Å²) in [5.74, 6) is 1.62. The van der Waals surface area contributed by atoms with E-state index in [2.05, 4.69) is 22.5 Å². The van der Waals surface area contributed by atoms with E-state index >= 15 is 0 Å². The Morgan fingerprint density at radius 3 is 2.69 bits per heavy atom. The maximum atomic E-state index is 13.0. The molecule has 182 valence electrons. The topological polar surface area (TPSA) is 93.4 Å². The van der Waals surface area contributed by atoms with Crippen LogP contribution >= 0.6 is 0 Å². The van der Waals surface area contributed by atoms with Crippen LogP contribution in [0.3, 0.4) is 0 Å². The first-order valence-corrected chi connectivity index (χ1v) is 12.6. The van der Waals surface area contributed by atoms with Crippen molar-refractivity contribution in [3.63, 3.8) is 0 Å². The number of aromatic nitrogens is 2. The molecule has 1 unspecified atom stereocenters. The predicted molar refractivity (Wildman–Crippen MR) is 136 cm³/mol. The molecule has 3 heterocycles. The Morgan fingerprint density at radius 1 is 1.29 bits per heavy atom. The van der Waals surface area contributed by atoms with Crippen molar-refractivity contribution in [1.82, 2.24) is 14.9 Å². The van der Waals surface area contributed by atoms with Crippen molar-refractivity contribution in [1.29, 1.82) is 5.26 Å². The molecule has 0 bridgehead atoms. The summed E-state index contributed by atoms with van der Waals surface area (Å²) in [6, 6.07) is 8.42. The summed E-state index contributed by atoms with van der Waals surface area (Å²) >= 11 is 0. The second-order valence-electron chi connectivity index (χ2n) is 10.8. The minimum absolute atomic E-state index is 0.00671. The highest BCUT2D eigenvalue weighted by Gasteiger charge is 2.42. The third-order valence-electron chi connectivity index (χ3n) is 7.21. The van der Waals surface area contributed by atoms with Crippen LogP contribution in [0.1, 0.15) is 68.8 Å². The van der Waals surface area contributed by atoms with Crippen LogP contribution in [-0.2, 0) is 4.79 Å². The quantitative estimate of drug-likeness (QED) is 0.653. The van der Waals surface area contributed by atoms with E-state index in [9.17, 15) is 15.2 Å². The second-order valence-corrected chi connectivity index (χ2v) is 10.8. The van der Waals surface area contributed by atoms with Crippen LogP contribution in [0, 0.1) is 17.2 Å². The summed E-state index contributed by atoms with van der Waals surface area (Å²) in [6.07, 6.45) is 8.06. The van der Waals surface area contributed by atoms with Gasteiger partial charge in [0.2, 0.25) is 5.91 Å². The van der Waals surface area contributed by atoms with Crippen molar-refractivity contribution in [2.24, 2.45) is 5.92 Å². The highest BCUT2D eigenvalue weighted by molar-refractivity contribution is 5.78. The van der Waals surface area contributed by atoms with E-state index in [0.717, 1.165) is 54.0 Å². The number of anilines is 1. The SMILES string of the molecule is C=Cc1cc(-c2cc(C#N)c(N3CCN(C(=O)CC(C)(C)O)C(C4CC4)C3)nc2C2CC2)ccn1. The minimum Gasteiger partial charge on any atom is -0.390 e. The highest BCUT2D eigenvalue weighted by atomic mass is 16.3. The van der Waals surface area contributed by atoms with Crippen molar-refractivity contribution in [2.75, 3.05) is 24.5 Å². The fourth-order valence-corrected chi connectivity index (χ4v) is 5.14. The summed E-state index contributed by atoms with van der Waals surface area (Å²) in [7, 11) is 0. The van der Waals surface area contributed by atoms with Crippen molar-refractivity contribution >= 4 is 17.8 Å². The van der Waals surface area contributed by atoms with Gasteiger partial charge in [-0.1, -0.05) is 6.58 Å². The van der Waals surface area contributed by atoms with E-state index in [1.807, 2.05) is 23.1 Å². The first-order valence-electron chi connectivity index (χ1n) is 12.6. The number of hydrogen-bond acceptors (Lipinski definition) is 6. The van der Waals surface area contributed by atoms with Gasteiger partial charge in [-0.15, -0.1) is 0 Å². The molecule has 7 heteroatoms. The molecule has 1 saturated heterocycles. The lowest BCUT2D eigenvalue weighted by atomic mass is 9.98. The van der Waals surface area contributed by atoms with Crippen molar-refractivity contribution in [2.45, 2.75) is 63.5 Å². The zero-order valence-corrected chi connectivity index (χ0v) is 20.6. The van der Waals surface area contributed by atoms with Crippen LogP contribution in [0.15, 0.2) is 31.0 Å². The number of carbonyl (C=O) groups excluding carboxylic acids is 1. The molecule has 1 atom stereocenters. The molecule has 1 N–H and O–H groups in total. The van der Waals surface area contributed by atoms with Crippen molar-refractivity contribution in [3.05, 3.63) is 47.9 Å². The van der Waals surface area contributed by atoms with Gasteiger partial charge in [-0.2, -0.15) is 5.26 Å². The molecule has 1 amide bonds. The number of hydrogen-bond donors (Lipinski definition) is 1. The van der Waals surface area contributed by atoms with Crippen LogP contribution in [0.5, 0.6) is 0 Å². The lowest BCUT2D eigenvalue weighted by molar-refractivity contribution is -0.138. The van der Waals surface area contributed by atoms with Gasteiger partial charge in [0.25, 0.3) is 0 Å². The lowest BCUT2D eigenvalue weighted by Crippen LogP contribution is -2.57. The molecule has 3 aliphatic rings. The Morgan fingerprint density at radius 2 is 2.06 bits per heavy atom. The van der Waals surface area contributed by atoms with Crippen LogP contribution in [0.25, 0.3) is 17.2 Å². The van der Waals surface area contributed by atoms with E-state index < -0.39 is 5.60 Å². The summed E-state index contributed by atoms with van der Waals surface area (Å²) in [5, 5.41) is 20.3. The lowest BCUT2D eigenvalue weighted by Gasteiger charge is -2.43. The van der Waals surface area contributed by atoms with Gasteiger partial charge < -0.3 is 14.9 Å². The molecule has 7 nitrogen and oxygen atoms in total. The van der Waals surface area contributed by atoms with Crippen molar-refractivity contribution in [3.8, 4) is 17.2 Å². The van der Waals surface area contributed by atoms with Crippen LogP contribution in [0.4, 0.5) is 5.82 Å². The molecule has 0 aromatic carbocycles. The van der Waals surface area contributed by atoms with Gasteiger partial charge in [0, 0.05) is 37.3 Å². The Bertz CT molecular complexity index is 1190. The number of aliphatic hydroxyl groups is 1. The monoisotopic (exact) mass is 471 g/mol. The summed E-state index contributed by atoms with van der Waals surface area (Å²) in [6.45, 7) is 9.06. The molecule has 2 aromatic heterocycles. The molecule has 35 heavy (non-hydrogen) atoms. The highest BCUT2D eigenvalue weighted by Crippen LogP contribution is 2.45. The van der Waals surface area contributed by atoms with E-state index in [4.69, 9.17) is 4.98 Å². The molecular formula is C28H33N5O2. The first-order chi connectivity index (χ1) is 16.8. The Kier molecular flexibility index (Phi) is 6.10. The molecule has 0 radical (unpaired) electrons. The largest absolute Gasteiger partial charge is 0.390 e. The van der Waals surface area contributed by atoms with Gasteiger partial charge in [-0.25, -0.2) is 4.98 Å². The van der Waals surface area contributed by atoms with Crippen LogP contribution in [0.2, 0.25) is 0 Å². The molecule has 2 saturated carbocycles. The number of amides is 1. The van der Waals surface area contributed by atoms with Gasteiger partial charge in [0.15, 0.2) is 0 Å². The van der Waals surface area contributed by atoms with E-state index in [1.165, 1.54) is 0 Å². The molecule has 0 spiro atoms. The van der Waals surface area contributed by atoms with E-state index in [0.29, 0.717) is 37.0 Å². The van der Waals surface area contributed by atoms with Gasteiger partial charge >= 0.3 is 0 Å². The second kappa shape index (κ2) is 9.09. The maximum absolute atomic E-state index is 13.0. The van der Waals surface area contributed by atoms with Gasteiger partial charge in [0.1, 0.15) is 11.9 Å². The molecule has 3 fully saturated rings. The van der Waals surface area contributed by atoms with Gasteiger partial charge in [-0.05, 0) is 75.3 Å².